The molecule has 2 fully saturated rings. The van der Waals surface area contributed by atoms with Gasteiger partial charge in [0.05, 0.1) is 0 Å². The average Bonchev–Trinajstić information content (AvgIpc) is 3.35. The third-order valence-electron chi connectivity index (χ3n) is 5.26. The van der Waals surface area contributed by atoms with Gasteiger partial charge in [-0.3, -0.25) is 4.79 Å². The minimum atomic E-state index is 0.259. The monoisotopic (exact) mass is 368 g/mol. The summed E-state index contributed by atoms with van der Waals surface area (Å²) in [6.07, 6.45) is 2.27. The molecule has 0 spiro atoms. The molecule has 8 nitrogen and oxygen atoms in total. The van der Waals surface area contributed by atoms with Crippen molar-refractivity contribution in [2.24, 2.45) is 11.8 Å². The molecule has 2 unspecified atom stereocenters. The van der Waals surface area contributed by atoms with Crippen molar-refractivity contribution in [1.82, 2.24) is 15.0 Å². The van der Waals surface area contributed by atoms with Crippen LogP contribution in [0.1, 0.15) is 19.4 Å². The number of nitrogens with zero attached hydrogens (tertiary/aromatic N) is 4. The number of carbonyl (C=O) groups is 1. The fraction of sp³-hybridized carbons (Fsp3) is 0.474. The van der Waals surface area contributed by atoms with Crippen molar-refractivity contribution in [2.45, 2.75) is 19.9 Å². The van der Waals surface area contributed by atoms with E-state index in [-0.39, 0.29) is 6.04 Å². The van der Waals surface area contributed by atoms with Crippen LogP contribution in [0.3, 0.4) is 0 Å². The van der Waals surface area contributed by atoms with Crippen LogP contribution in [0, 0.1) is 17.2 Å². The lowest BCUT2D eigenvalue weighted by Crippen LogP contribution is -2.28. The molecule has 2 aliphatic rings. The van der Waals surface area contributed by atoms with E-state index in [2.05, 4.69) is 34.2 Å². The lowest BCUT2D eigenvalue weighted by atomic mass is 10.0. The van der Waals surface area contributed by atoms with Gasteiger partial charge in [-0.1, -0.05) is 17.3 Å². The summed E-state index contributed by atoms with van der Waals surface area (Å²) in [5, 5.41) is 15.1. The van der Waals surface area contributed by atoms with Crippen LogP contribution in [0.4, 0.5) is 11.7 Å². The van der Waals surface area contributed by atoms with Crippen LogP contribution in [0.2, 0.25) is 0 Å². The second-order valence-corrected chi connectivity index (χ2v) is 7.63. The maximum absolute atomic E-state index is 10.9. The molecule has 27 heavy (non-hydrogen) atoms. The second kappa shape index (κ2) is 7.02. The first-order chi connectivity index (χ1) is 13.1. The first-order valence-electron chi connectivity index (χ1n) is 9.27. The molecule has 2 saturated heterocycles. The van der Waals surface area contributed by atoms with Crippen molar-refractivity contribution in [3.05, 3.63) is 23.8 Å². The van der Waals surface area contributed by atoms with Crippen molar-refractivity contribution in [3.63, 3.8) is 0 Å². The largest absolute Gasteiger partial charge is 0.382 e. The van der Waals surface area contributed by atoms with Gasteiger partial charge in [-0.25, -0.2) is 0 Å². The molecule has 1 aromatic heterocycles. The molecule has 2 aliphatic heterocycles. The number of rotatable bonds is 6. The molecule has 2 atom stereocenters. The van der Waals surface area contributed by atoms with Gasteiger partial charge < -0.3 is 25.0 Å². The van der Waals surface area contributed by atoms with Crippen molar-refractivity contribution < 1.29 is 9.32 Å². The highest BCUT2D eigenvalue weighted by Gasteiger charge is 2.41. The van der Waals surface area contributed by atoms with Crippen molar-refractivity contribution in [2.75, 3.05) is 36.4 Å². The van der Waals surface area contributed by atoms with Crippen LogP contribution in [0.5, 0.6) is 0 Å². The van der Waals surface area contributed by atoms with Gasteiger partial charge in [0, 0.05) is 67.1 Å². The molecular formula is C19H24N6O2. The number of aromatic nitrogens is 2. The van der Waals surface area contributed by atoms with E-state index in [4.69, 9.17) is 9.93 Å². The predicted octanol–water partition coefficient (Wildman–Crippen LogP) is 2.08. The van der Waals surface area contributed by atoms with Crippen LogP contribution >= 0.6 is 0 Å². The van der Waals surface area contributed by atoms with E-state index >= 15 is 0 Å². The normalized spacial score (nSPS) is 21.6. The molecule has 142 valence electrons. The number of likely N-dealkylation sites (tertiary alicyclic amines) is 1. The molecule has 8 heteroatoms. The zero-order valence-corrected chi connectivity index (χ0v) is 15.6. The fourth-order valence-corrected chi connectivity index (χ4v) is 3.99. The topological polar surface area (TPSA) is 98.3 Å². The van der Waals surface area contributed by atoms with Gasteiger partial charge in [-0.05, 0) is 19.9 Å². The smallest absolute Gasteiger partial charge is 0.324 e. The van der Waals surface area contributed by atoms with E-state index in [1.54, 1.807) is 0 Å². The first-order valence-corrected chi connectivity index (χ1v) is 9.27. The zero-order valence-electron chi connectivity index (χ0n) is 15.6. The predicted molar refractivity (Wildman–Crippen MR) is 103 cm³/mol. The number of carbonyl (C=O) groups excluding carboxylic acids is 1. The summed E-state index contributed by atoms with van der Waals surface area (Å²) in [6.45, 7) is 7.40. The second-order valence-electron chi connectivity index (χ2n) is 7.63. The number of amides is 1. The number of fused-ring (bicyclic) bond motifs is 1. The highest BCUT2D eigenvalue weighted by atomic mass is 16.5. The summed E-state index contributed by atoms with van der Waals surface area (Å²) < 4.78 is 5.52. The van der Waals surface area contributed by atoms with Crippen molar-refractivity contribution in [3.8, 4) is 11.4 Å². The van der Waals surface area contributed by atoms with Gasteiger partial charge >= 0.3 is 6.01 Å². The Bertz CT molecular complexity index is 834. The van der Waals surface area contributed by atoms with Gasteiger partial charge in [-0.15, -0.1) is 0 Å². The molecule has 1 amide bonds. The van der Waals surface area contributed by atoms with Crippen molar-refractivity contribution in [1.29, 1.82) is 5.41 Å². The summed E-state index contributed by atoms with van der Waals surface area (Å²) in [4.78, 5) is 19.5. The minimum Gasteiger partial charge on any atom is -0.382 e. The Morgan fingerprint density at radius 3 is 2.63 bits per heavy atom. The first kappa shape index (κ1) is 17.5. The molecule has 2 N–H and O–H groups in total. The Labute approximate surface area is 158 Å². The number of hydrogen-bond acceptors (Lipinski definition) is 7. The van der Waals surface area contributed by atoms with Gasteiger partial charge in [0.15, 0.2) is 0 Å². The highest BCUT2D eigenvalue weighted by Crippen LogP contribution is 2.33. The third-order valence-corrected chi connectivity index (χ3v) is 5.26. The summed E-state index contributed by atoms with van der Waals surface area (Å²) in [6, 6.07) is 6.54. The third kappa shape index (κ3) is 3.39. The van der Waals surface area contributed by atoms with E-state index in [1.807, 2.05) is 23.1 Å². The summed E-state index contributed by atoms with van der Waals surface area (Å²) in [5.41, 5.74) is 2.56. The van der Waals surface area contributed by atoms with Gasteiger partial charge in [-0.2, -0.15) is 4.98 Å². The van der Waals surface area contributed by atoms with Gasteiger partial charge in [0.2, 0.25) is 12.2 Å². The van der Waals surface area contributed by atoms with E-state index in [0.717, 1.165) is 49.4 Å². The Morgan fingerprint density at radius 2 is 2.00 bits per heavy atom. The maximum atomic E-state index is 10.9. The molecule has 2 aromatic rings. The molecule has 4 rings (SSSR count). The number of nitrogens with one attached hydrogen (secondary N) is 2. The van der Waals surface area contributed by atoms with Gasteiger partial charge in [0.25, 0.3) is 0 Å². The quantitative estimate of drug-likeness (QED) is 0.598. The van der Waals surface area contributed by atoms with Crippen LogP contribution in [0.15, 0.2) is 22.7 Å². The summed E-state index contributed by atoms with van der Waals surface area (Å²) in [7, 11) is 0. The summed E-state index contributed by atoms with van der Waals surface area (Å²) >= 11 is 0. The molecule has 3 heterocycles. The minimum absolute atomic E-state index is 0.259. The molecule has 0 saturated carbocycles. The Balaban J connectivity index is 1.52. The SMILES string of the molecule is CC(C)Nc1cc(-c2noc(N3CC4CN(C=O)CC4C3)n2)ccc1C=N. The molecule has 0 radical (unpaired) electrons. The van der Waals surface area contributed by atoms with Crippen LogP contribution in [-0.2, 0) is 4.79 Å². The summed E-state index contributed by atoms with van der Waals surface area (Å²) in [5.74, 6) is 1.48. The van der Waals surface area contributed by atoms with Crippen LogP contribution in [-0.4, -0.2) is 59.9 Å². The molecule has 0 aliphatic carbocycles. The average molecular weight is 368 g/mol. The van der Waals surface area contributed by atoms with Crippen LogP contribution < -0.4 is 10.2 Å². The number of anilines is 2. The lowest BCUT2D eigenvalue weighted by molar-refractivity contribution is -0.117. The van der Waals surface area contributed by atoms with E-state index in [9.17, 15) is 4.79 Å². The zero-order chi connectivity index (χ0) is 19.0. The molecule has 0 bridgehead atoms. The Morgan fingerprint density at radius 1 is 1.26 bits per heavy atom. The van der Waals surface area contributed by atoms with Crippen LogP contribution in [0.25, 0.3) is 11.4 Å². The fourth-order valence-electron chi connectivity index (χ4n) is 3.99. The molecule has 1 aromatic carbocycles. The molecular weight excluding hydrogens is 344 g/mol. The highest BCUT2D eigenvalue weighted by molar-refractivity contribution is 5.87. The lowest BCUT2D eigenvalue weighted by Gasteiger charge is -2.16. The van der Waals surface area contributed by atoms with E-state index < -0.39 is 0 Å². The maximum Gasteiger partial charge on any atom is 0.324 e. The standard InChI is InChI=1S/C19H24N6O2/c1-12(2)21-17-5-13(3-4-14(17)6-20)18-22-19(27-23-18)25-9-15-7-24(11-26)8-16(15)10-25/h3-6,11-12,15-16,20-21H,7-10H2,1-2H3. The van der Waals surface area contributed by atoms with Crippen molar-refractivity contribution >= 4 is 24.3 Å². The Hall–Kier alpha value is -2.90. The number of benzene rings is 1. The van der Waals surface area contributed by atoms with Gasteiger partial charge in [0.1, 0.15) is 0 Å². The number of hydrogen-bond donors (Lipinski definition) is 2. The Kier molecular flexibility index (Phi) is 4.55. The van der Waals surface area contributed by atoms with E-state index in [0.29, 0.717) is 23.7 Å². The van der Waals surface area contributed by atoms with E-state index in [1.165, 1.54) is 6.21 Å².